The van der Waals surface area contributed by atoms with Crippen molar-refractivity contribution < 1.29 is 14.3 Å². The Morgan fingerprint density at radius 1 is 1.29 bits per heavy atom. The zero-order chi connectivity index (χ0) is 15.5. The van der Waals surface area contributed by atoms with Crippen molar-refractivity contribution in [2.75, 3.05) is 19.8 Å². The second kappa shape index (κ2) is 10.8. The van der Waals surface area contributed by atoms with E-state index in [2.05, 4.69) is 26.1 Å². The van der Waals surface area contributed by atoms with Crippen LogP contribution in [0.4, 0.5) is 0 Å². The van der Waals surface area contributed by atoms with Gasteiger partial charge in [0, 0.05) is 25.6 Å². The van der Waals surface area contributed by atoms with E-state index in [1.807, 2.05) is 12.1 Å². The molecule has 21 heavy (non-hydrogen) atoms. The summed E-state index contributed by atoms with van der Waals surface area (Å²) in [6, 6.07) is 4.26. The number of aliphatic hydroxyl groups excluding tert-OH is 1. The second-order valence-corrected chi connectivity index (χ2v) is 6.19. The first kappa shape index (κ1) is 18.2. The summed E-state index contributed by atoms with van der Waals surface area (Å²) < 4.78 is 10.8. The minimum atomic E-state index is -0.435. The van der Waals surface area contributed by atoms with E-state index in [0.717, 1.165) is 37.5 Å². The van der Waals surface area contributed by atoms with Gasteiger partial charge < -0.3 is 19.6 Å². The van der Waals surface area contributed by atoms with Gasteiger partial charge in [0.15, 0.2) is 0 Å². The monoisotopic (exact) mass is 297 g/mol. The third-order valence-corrected chi connectivity index (χ3v) is 3.49. The number of hydrogen-bond donors (Lipinski definition) is 2. The van der Waals surface area contributed by atoms with E-state index in [1.54, 1.807) is 6.26 Å². The maximum Gasteiger partial charge on any atom is 0.103 e. The van der Waals surface area contributed by atoms with Gasteiger partial charge in [0.1, 0.15) is 5.76 Å². The molecule has 1 heterocycles. The zero-order valence-corrected chi connectivity index (χ0v) is 13.7. The van der Waals surface area contributed by atoms with Crippen LogP contribution in [-0.2, 0) is 11.2 Å². The number of ether oxygens (including phenoxy) is 1. The van der Waals surface area contributed by atoms with Crippen molar-refractivity contribution >= 4 is 0 Å². The molecule has 2 atom stereocenters. The van der Waals surface area contributed by atoms with Crippen LogP contribution in [0.5, 0.6) is 0 Å². The highest BCUT2D eigenvalue weighted by atomic mass is 16.5. The fourth-order valence-electron chi connectivity index (χ4n) is 2.12. The smallest absolute Gasteiger partial charge is 0.103 e. The second-order valence-electron chi connectivity index (χ2n) is 6.19. The number of aliphatic hydroxyl groups is 1. The molecule has 0 bridgehead atoms. The summed E-state index contributed by atoms with van der Waals surface area (Å²) >= 11 is 0. The van der Waals surface area contributed by atoms with Gasteiger partial charge in [-0.1, -0.05) is 13.8 Å². The Labute approximate surface area is 128 Å². The maximum atomic E-state index is 9.85. The molecule has 122 valence electrons. The Morgan fingerprint density at radius 2 is 2.10 bits per heavy atom. The summed E-state index contributed by atoms with van der Waals surface area (Å²) in [7, 11) is 0. The lowest BCUT2D eigenvalue weighted by atomic mass is 10.1. The van der Waals surface area contributed by atoms with Crippen molar-refractivity contribution in [3.8, 4) is 0 Å². The van der Waals surface area contributed by atoms with Crippen LogP contribution >= 0.6 is 0 Å². The van der Waals surface area contributed by atoms with E-state index in [1.165, 1.54) is 6.42 Å². The minimum absolute atomic E-state index is 0.352. The lowest BCUT2D eigenvalue weighted by Gasteiger charge is -2.17. The van der Waals surface area contributed by atoms with Crippen molar-refractivity contribution in [2.45, 2.75) is 58.6 Å². The molecule has 2 N–H and O–H groups in total. The average molecular weight is 297 g/mol. The normalized spacial score (nSPS) is 14.5. The van der Waals surface area contributed by atoms with E-state index in [9.17, 15) is 5.11 Å². The van der Waals surface area contributed by atoms with Gasteiger partial charge in [-0.2, -0.15) is 0 Å². The summed E-state index contributed by atoms with van der Waals surface area (Å²) in [6.07, 6.45) is 5.43. The standard InChI is InChI=1S/C17H31NO3/c1-14(2)6-4-10-20-13-16(19)12-18-15(3)8-9-17-7-5-11-21-17/h5,7,11,14-16,18-19H,4,6,8-10,12-13H2,1-3H3. The van der Waals surface area contributed by atoms with E-state index < -0.39 is 6.10 Å². The number of rotatable bonds is 12. The molecule has 0 spiro atoms. The van der Waals surface area contributed by atoms with Gasteiger partial charge in [0.2, 0.25) is 0 Å². The highest BCUT2D eigenvalue weighted by Gasteiger charge is 2.08. The predicted octanol–water partition coefficient (Wildman–Crippen LogP) is 3.00. The molecule has 0 aliphatic heterocycles. The SMILES string of the molecule is CC(C)CCCOCC(O)CNC(C)CCc1ccco1. The van der Waals surface area contributed by atoms with Crippen LogP contribution in [0.3, 0.4) is 0 Å². The molecule has 0 amide bonds. The molecule has 4 heteroatoms. The van der Waals surface area contributed by atoms with E-state index in [-0.39, 0.29) is 0 Å². The highest BCUT2D eigenvalue weighted by Crippen LogP contribution is 2.06. The van der Waals surface area contributed by atoms with Crippen molar-refractivity contribution in [3.05, 3.63) is 24.2 Å². The molecule has 0 fully saturated rings. The minimum Gasteiger partial charge on any atom is -0.469 e. The number of aryl methyl sites for hydroxylation is 1. The van der Waals surface area contributed by atoms with Gasteiger partial charge in [0.25, 0.3) is 0 Å². The first-order valence-corrected chi connectivity index (χ1v) is 8.09. The van der Waals surface area contributed by atoms with Crippen molar-refractivity contribution in [1.82, 2.24) is 5.32 Å². The van der Waals surface area contributed by atoms with Crippen molar-refractivity contribution in [1.29, 1.82) is 0 Å². The maximum absolute atomic E-state index is 9.85. The molecular formula is C17H31NO3. The van der Waals surface area contributed by atoms with Gasteiger partial charge in [-0.3, -0.25) is 0 Å². The van der Waals surface area contributed by atoms with Crippen molar-refractivity contribution in [3.63, 3.8) is 0 Å². The van der Waals surface area contributed by atoms with Gasteiger partial charge in [-0.25, -0.2) is 0 Å². The van der Waals surface area contributed by atoms with E-state index >= 15 is 0 Å². The highest BCUT2D eigenvalue weighted by molar-refractivity contribution is 4.98. The molecule has 1 rings (SSSR count). The summed E-state index contributed by atoms with van der Waals surface area (Å²) in [5.74, 6) is 1.73. The third-order valence-electron chi connectivity index (χ3n) is 3.49. The molecule has 1 aromatic rings. The van der Waals surface area contributed by atoms with E-state index in [0.29, 0.717) is 19.2 Å². The van der Waals surface area contributed by atoms with Crippen LogP contribution in [0.1, 0.15) is 45.8 Å². The first-order valence-electron chi connectivity index (χ1n) is 8.09. The molecule has 0 saturated heterocycles. The Hall–Kier alpha value is -0.840. The van der Waals surface area contributed by atoms with Gasteiger partial charge >= 0.3 is 0 Å². The first-order chi connectivity index (χ1) is 10.1. The number of nitrogens with one attached hydrogen (secondary N) is 1. The Bertz CT molecular complexity index is 338. The van der Waals surface area contributed by atoms with Crippen molar-refractivity contribution in [2.24, 2.45) is 5.92 Å². The molecule has 4 nitrogen and oxygen atoms in total. The topological polar surface area (TPSA) is 54.6 Å². The number of furan rings is 1. The molecule has 0 aromatic carbocycles. The molecule has 1 aromatic heterocycles. The fourth-order valence-corrected chi connectivity index (χ4v) is 2.12. The zero-order valence-electron chi connectivity index (χ0n) is 13.7. The van der Waals surface area contributed by atoms with Crippen LogP contribution in [-0.4, -0.2) is 37.0 Å². The van der Waals surface area contributed by atoms with Gasteiger partial charge in [-0.05, 0) is 44.2 Å². The summed E-state index contributed by atoms with van der Waals surface area (Å²) in [5.41, 5.74) is 0. The molecule has 2 unspecified atom stereocenters. The van der Waals surface area contributed by atoms with Crippen LogP contribution in [0.2, 0.25) is 0 Å². The van der Waals surface area contributed by atoms with E-state index in [4.69, 9.17) is 9.15 Å². The lowest BCUT2D eigenvalue weighted by molar-refractivity contribution is 0.0336. The molecule has 0 radical (unpaired) electrons. The molecular weight excluding hydrogens is 266 g/mol. The van der Waals surface area contributed by atoms with Crippen LogP contribution in [0.25, 0.3) is 0 Å². The Morgan fingerprint density at radius 3 is 2.76 bits per heavy atom. The fraction of sp³-hybridized carbons (Fsp3) is 0.765. The quantitative estimate of drug-likeness (QED) is 0.582. The number of hydrogen-bond acceptors (Lipinski definition) is 4. The Kier molecular flexibility index (Phi) is 9.39. The van der Waals surface area contributed by atoms with Gasteiger partial charge in [-0.15, -0.1) is 0 Å². The Balaban J connectivity index is 1.97. The van der Waals surface area contributed by atoms with Crippen LogP contribution in [0.15, 0.2) is 22.8 Å². The van der Waals surface area contributed by atoms with Gasteiger partial charge in [0.05, 0.1) is 19.0 Å². The average Bonchev–Trinajstić information content (AvgIpc) is 2.95. The molecule has 0 aliphatic carbocycles. The third kappa shape index (κ3) is 9.67. The van der Waals surface area contributed by atoms with Crippen LogP contribution < -0.4 is 5.32 Å². The predicted molar refractivity (Wildman–Crippen MR) is 85.4 cm³/mol. The summed E-state index contributed by atoms with van der Waals surface area (Å²) in [6.45, 7) is 8.27. The molecule has 0 aliphatic rings. The largest absolute Gasteiger partial charge is 0.469 e. The lowest BCUT2D eigenvalue weighted by Crippen LogP contribution is -2.36. The summed E-state index contributed by atoms with van der Waals surface area (Å²) in [5, 5.41) is 13.2. The summed E-state index contributed by atoms with van der Waals surface area (Å²) in [4.78, 5) is 0. The van der Waals surface area contributed by atoms with Crippen LogP contribution in [0, 0.1) is 5.92 Å². The molecule has 0 saturated carbocycles.